The largest absolute Gasteiger partial charge is 0.428 e. The van der Waals surface area contributed by atoms with Crippen LogP contribution in [0.1, 0.15) is 76.2 Å². The highest BCUT2D eigenvalue weighted by molar-refractivity contribution is 5.80. The molecule has 0 fully saturated rings. The molecule has 1 N–H and O–H groups in total. The van der Waals surface area contributed by atoms with Crippen LogP contribution in [0.3, 0.4) is 0 Å². The number of carbonyl (C=O) groups is 2. The zero-order valence-electron chi connectivity index (χ0n) is 25.1. The van der Waals surface area contributed by atoms with Crippen LogP contribution in [0.4, 0.5) is 0 Å². The molecule has 11 nitrogen and oxygen atoms in total. The number of rotatable bonds is 10. The zero-order valence-corrected chi connectivity index (χ0v) is 25.1. The van der Waals surface area contributed by atoms with Crippen LogP contribution in [-0.4, -0.2) is 48.7 Å². The van der Waals surface area contributed by atoms with Crippen molar-refractivity contribution >= 4 is 11.9 Å². The quantitative estimate of drug-likeness (QED) is 0.206. The van der Waals surface area contributed by atoms with E-state index in [4.69, 9.17) is 9.47 Å². The summed E-state index contributed by atoms with van der Waals surface area (Å²) >= 11 is 0. The molecule has 1 aliphatic heterocycles. The molecule has 0 aliphatic carbocycles. The predicted octanol–water partition coefficient (Wildman–Crippen LogP) is 4.86. The van der Waals surface area contributed by atoms with Crippen molar-refractivity contribution in [3.05, 3.63) is 75.7 Å². The monoisotopic (exact) mass is 586 g/mol. The van der Waals surface area contributed by atoms with Gasteiger partial charge in [-0.25, -0.2) is 4.68 Å². The molecule has 4 aromatic rings. The molecule has 0 radical (unpaired) electrons. The molecule has 3 heterocycles. The molecular weight excluding hydrogens is 548 g/mol. The Bertz CT molecular complexity index is 1630. The molecule has 0 spiro atoms. The Morgan fingerprint density at radius 1 is 1.05 bits per heavy atom. The summed E-state index contributed by atoms with van der Waals surface area (Å²) in [5.41, 5.74) is 4.95. The van der Waals surface area contributed by atoms with Crippen LogP contribution in [0.5, 0.6) is 0 Å². The summed E-state index contributed by atoms with van der Waals surface area (Å²) in [6.07, 6.45) is 3.75. The van der Waals surface area contributed by atoms with Gasteiger partial charge in [0.1, 0.15) is 0 Å². The third-order valence-corrected chi connectivity index (χ3v) is 7.71. The molecule has 2 aromatic heterocycles. The number of hydrogen-bond donors (Lipinski definition) is 1. The molecule has 226 valence electrons. The Balaban J connectivity index is 1.35. The van der Waals surface area contributed by atoms with E-state index in [0.717, 1.165) is 59.3 Å². The third kappa shape index (κ3) is 6.60. The number of aromatic nitrogens is 6. The molecule has 0 bridgehead atoms. The minimum atomic E-state index is -0.684. The molecule has 1 unspecified atom stereocenters. The number of aromatic amines is 1. The van der Waals surface area contributed by atoms with Gasteiger partial charge in [-0.1, -0.05) is 61.9 Å². The Hall–Kier alpha value is -4.54. The van der Waals surface area contributed by atoms with Gasteiger partial charge in [0.15, 0.2) is 0 Å². The second kappa shape index (κ2) is 12.8. The number of nitrogens with zero attached hydrogens (tertiary/aromatic N) is 5. The topological polar surface area (TPSA) is 134 Å². The lowest BCUT2D eigenvalue weighted by Gasteiger charge is -2.27. The Morgan fingerprint density at radius 3 is 2.47 bits per heavy atom. The highest BCUT2D eigenvalue weighted by atomic mass is 16.7. The highest BCUT2D eigenvalue weighted by Crippen LogP contribution is 2.31. The Morgan fingerprint density at radius 2 is 1.79 bits per heavy atom. The molecule has 5 rings (SSSR count). The minimum absolute atomic E-state index is 0.0382. The Kier molecular flexibility index (Phi) is 8.89. The van der Waals surface area contributed by atoms with Gasteiger partial charge in [0.25, 0.3) is 5.56 Å². The maximum atomic E-state index is 13.9. The molecule has 0 saturated heterocycles. The number of esters is 2. The number of tetrazole rings is 1. The number of H-pyrrole nitrogens is 1. The minimum Gasteiger partial charge on any atom is -0.428 e. The first-order chi connectivity index (χ1) is 20.7. The fourth-order valence-corrected chi connectivity index (χ4v) is 5.57. The third-order valence-electron chi connectivity index (χ3n) is 7.71. The van der Waals surface area contributed by atoms with Gasteiger partial charge in [0.2, 0.25) is 12.6 Å². The lowest BCUT2D eigenvalue weighted by atomic mass is 9.96. The van der Waals surface area contributed by atoms with E-state index in [-0.39, 0.29) is 18.0 Å². The van der Waals surface area contributed by atoms with Gasteiger partial charge < -0.3 is 9.47 Å². The molecule has 11 heteroatoms. The van der Waals surface area contributed by atoms with E-state index in [1.807, 2.05) is 48.5 Å². The van der Waals surface area contributed by atoms with Crippen molar-refractivity contribution in [1.82, 2.24) is 30.0 Å². The average Bonchev–Trinajstić information content (AvgIpc) is 3.61. The van der Waals surface area contributed by atoms with Gasteiger partial charge in [-0.2, -0.15) is 5.21 Å². The number of hydrogen-bond acceptors (Lipinski definition) is 8. The van der Waals surface area contributed by atoms with E-state index in [0.29, 0.717) is 18.7 Å². The first-order valence-corrected chi connectivity index (χ1v) is 14.8. The van der Waals surface area contributed by atoms with Crippen molar-refractivity contribution in [1.29, 1.82) is 0 Å². The van der Waals surface area contributed by atoms with Gasteiger partial charge in [-0.05, 0) is 61.9 Å². The molecule has 0 amide bonds. The van der Waals surface area contributed by atoms with Crippen LogP contribution >= 0.6 is 0 Å². The number of carbonyl (C=O) groups excluding carboxylic acids is 2. The van der Waals surface area contributed by atoms with Crippen molar-refractivity contribution in [2.45, 2.75) is 78.8 Å². The average molecular weight is 587 g/mol. The summed E-state index contributed by atoms with van der Waals surface area (Å²) in [7, 11) is 0. The van der Waals surface area contributed by atoms with Crippen molar-refractivity contribution < 1.29 is 19.1 Å². The smallest absolute Gasteiger partial charge is 0.314 e. The van der Waals surface area contributed by atoms with Crippen LogP contribution in [0.15, 0.2) is 53.3 Å². The first kappa shape index (κ1) is 29.9. The van der Waals surface area contributed by atoms with Crippen molar-refractivity contribution in [2.75, 3.05) is 6.79 Å². The maximum absolute atomic E-state index is 13.9. The Labute approximate surface area is 250 Å². The van der Waals surface area contributed by atoms with Crippen molar-refractivity contribution in [3.63, 3.8) is 0 Å². The van der Waals surface area contributed by atoms with Crippen LogP contribution < -0.4 is 5.56 Å². The van der Waals surface area contributed by atoms with Crippen LogP contribution in [0, 0.1) is 5.41 Å². The van der Waals surface area contributed by atoms with Crippen LogP contribution in [-0.2, 0) is 38.4 Å². The number of fused-ring (bicyclic) bond motifs is 1. The van der Waals surface area contributed by atoms with E-state index >= 15 is 0 Å². The van der Waals surface area contributed by atoms with E-state index in [2.05, 4.69) is 32.2 Å². The maximum Gasteiger partial charge on any atom is 0.314 e. The number of nitrogens with one attached hydrogen (secondary N) is 1. The molecule has 1 atom stereocenters. The van der Waals surface area contributed by atoms with Gasteiger partial charge in [0, 0.05) is 29.8 Å². The van der Waals surface area contributed by atoms with E-state index in [1.54, 1.807) is 25.5 Å². The molecular formula is C32H38N6O5. The second-order valence-corrected chi connectivity index (χ2v) is 11.9. The lowest BCUT2D eigenvalue weighted by Crippen LogP contribution is -2.34. The number of ether oxygens (including phenoxy) is 2. The van der Waals surface area contributed by atoms with E-state index in [9.17, 15) is 14.4 Å². The SMILES string of the molecule is CCCc1c(Cc2ccc(-c3ccccc3-c3nn[nH]n3)cc2)c(=O)n2n1CCCC2CC(=O)OCOC(=O)C(C)(C)C. The standard InChI is InChI=1S/C32H38N6O5/c1-5-9-27-26(18-21-13-15-22(16-14-21)24-11-6-7-12-25(24)29-33-35-36-34-29)30(40)38-23(10-8-17-37(27)38)19-28(39)42-20-43-31(41)32(2,3)4/h6-7,11-16,23H,5,8-10,17-20H2,1-4H3,(H,33,34,35,36). The fourth-order valence-electron chi connectivity index (χ4n) is 5.57. The lowest BCUT2D eigenvalue weighted by molar-refractivity contribution is -0.173. The van der Waals surface area contributed by atoms with Crippen LogP contribution in [0.2, 0.25) is 0 Å². The van der Waals surface area contributed by atoms with Gasteiger partial charge in [-0.3, -0.25) is 19.1 Å². The zero-order chi connectivity index (χ0) is 30.6. The fraction of sp³-hybridized carbons (Fsp3) is 0.438. The summed E-state index contributed by atoms with van der Waals surface area (Å²) in [5.74, 6) is -0.412. The number of benzene rings is 2. The van der Waals surface area contributed by atoms with Crippen LogP contribution in [0.25, 0.3) is 22.5 Å². The summed E-state index contributed by atoms with van der Waals surface area (Å²) in [6, 6.07) is 15.8. The molecule has 1 aliphatic rings. The highest BCUT2D eigenvalue weighted by Gasteiger charge is 2.30. The van der Waals surface area contributed by atoms with Gasteiger partial charge >= 0.3 is 11.9 Å². The summed E-state index contributed by atoms with van der Waals surface area (Å²) in [5, 5.41) is 14.5. The molecule has 2 aromatic carbocycles. The van der Waals surface area contributed by atoms with E-state index in [1.165, 1.54) is 0 Å². The van der Waals surface area contributed by atoms with Crippen molar-refractivity contribution in [3.8, 4) is 22.5 Å². The second-order valence-electron chi connectivity index (χ2n) is 11.9. The normalized spacial score (nSPS) is 14.7. The van der Waals surface area contributed by atoms with E-state index < -0.39 is 24.1 Å². The molecule has 43 heavy (non-hydrogen) atoms. The predicted molar refractivity (Wildman–Crippen MR) is 160 cm³/mol. The summed E-state index contributed by atoms with van der Waals surface area (Å²) < 4.78 is 14.1. The summed E-state index contributed by atoms with van der Waals surface area (Å²) in [6.45, 7) is 7.60. The molecule has 0 saturated carbocycles. The summed E-state index contributed by atoms with van der Waals surface area (Å²) in [4.78, 5) is 38.5. The van der Waals surface area contributed by atoms with Crippen molar-refractivity contribution in [2.24, 2.45) is 5.41 Å². The first-order valence-electron chi connectivity index (χ1n) is 14.8. The van der Waals surface area contributed by atoms with Gasteiger partial charge in [-0.15, -0.1) is 10.2 Å². The van der Waals surface area contributed by atoms with Gasteiger partial charge in [0.05, 0.1) is 17.9 Å².